The van der Waals surface area contributed by atoms with Gasteiger partial charge >= 0.3 is 0 Å². The van der Waals surface area contributed by atoms with Gasteiger partial charge in [0.1, 0.15) is 0 Å². The fourth-order valence-corrected chi connectivity index (χ4v) is 2.16. The summed E-state index contributed by atoms with van der Waals surface area (Å²) in [6, 6.07) is 18.3. The van der Waals surface area contributed by atoms with Crippen molar-refractivity contribution >= 4 is 17.8 Å². The van der Waals surface area contributed by atoms with E-state index < -0.39 is 0 Å². The van der Waals surface area contributed by atoms with Gasteiger partial charge in [0.05, 0.1) is 13.2 Å². The van der Waals surface area contributed by atoms with Crippen molar-refractivity contribution in [2.45, 2.75) is 0 Å². The van der Waals surface area contributed by atoms with Crippen molar-refractivity contribution in [1.82, 2.24) is 0 Å². The number of nitrogens with zero attached hydrogens (tertiary/aromatic N) is 1. The van der Waals surface area contributed by atoms with E-state index in [4.69, 9.17) is 10.2 Å². The van der Waals surface area contributed by atoms with Crippen LogP contribution in [-0.2, 0) is 0 Å². The zero-order valence-corrected chi connectivity index (χ0v) is 12.0. The van der Waals surface area contributed by atoms with Crippen molar-refractivity contribution < 1.29 is 10.2 Å². The van der Waals surface area contributed by atoms with E-state index in [1.165, 1.54) is 5.56 Å². The normalized spacial score (nSPS) is 11.0. The molecule has 2 N–H and O–H groups in total. The fraction of sp³-hybridized carbons (Fsp3) is 0.222. The Hall–Kier alpha value is -2.10. The molecule has 2 aromatic rings. The molecule has 0 amide bonds. The average Bonchev–Trinajstić information content (AvgIpc) is 2.54. The molecule has 0 spiro atoms. The highest BCUT2D eigenvalue weighted by atomic mass is 16.3. The van der Waals surface area contributed by atoms with E-state index in [1.807, 2.05) is 47.4 Å². The summed E-state index contributed by atoms with van der Waals surface area (Å²) in [5.74, 6) is 0. The standard InChI is InChI=1S/C18H21NO2/c20-14-12-19(13-15-21)18-10-8-17(9-11-18)7-6-16-4-2-1-3-5-16/h1-11,20-21H,12-15H2. The molecule has 0 heterocycles. The van der Waals surface area contributed by atoms with Crippen LogP contribution >= 0.6 is 0 Å². The van der Waals surface area contributed by atoms with Gasteiger partial charge in [-0.1, -0.05) is 54.6 Å². The van der Waals surface area contributed by atoms with Gasteiger partial charge in [-0.25, -0.2) is 0 Å². The first-order valence-electron chi connectivity index (χ1n) is 7.13. The third kappa shape index (κ3) is 4.74. The lowest BCUT2D eigenvalue weighted by Crippen LogP contribution is -2.29. The first kappa shape index (κ1) is 15.3. The van der Waals surface area contributed by atoms with Crippen molar-refractivity contribution in [2.75, 3.05) is 31.2 Å². The van der Waals surface area contributed by atoms with Crippen LogP contribution in [0.25, 0.3) is 12.2 Å². The van der Waals surface area contributed by atoms with Gasteiger partial charge in [-0.05, 0) is 23.3 Å². The molecule has 2 aromatic carbocycles. The molecular formula is C18H21NO2. The van der Waals surface area contributed by atoms with E-state index in [-0.39, 0.29) is 13.2 Å². The van der Waals surface area contributed by atoms with E-state index >= 15 is 0 Å². The van der Waals surface area contributed by atoms with Crippen molar-refractivity contribution in [1.29, 1.82) is 0 Å². The Morgan fingerprint density at radius 3 is 1.76 bits per heavy atom. The lowest BCUT2D eigenvalue weighted by atomic mass is 10.1. The molecule has 0 aliphatic heterocycles. The highest BCUT2D eigenvalue weighted by molar-refractivity contribution is 5.70. The number of rotatable bonds is 7. The number of anilines is 1. The third-order valence-corrected chi connectivity index (χ3v) is 3.27. The molecule has 3 nitrogen and oxygen atoms in total. The molecule has 2 rings (SSSR count). The summed E-state index contributed by atoms with van der Waals surface area (Å²) in [6.07, 6.45) is 4.15. The van der Waals surface area contributed by atoms with Gasteiger partial charge in [0, 0.05) is 18.8 Å². The number of aliphatic hydroxyl groups is 2. The summed E-state index contributed by atoms with van der Waals surface area (Å²) in [7, 11) is 0. The maximum absolute atomic E-state index is 9.06. The quantitative estimate of drug-likeness (QED) is 0.768. The first-order valence-corrected chi connectivity index (χ1v) is 7.13. The van der Waals surface area contributed by atoms with Gasteiger partial charge in [-0.2, -0.15) is 0 Å². The van der Waals surface area contributed by atoms with Gasteiger partial charge in [0.2, 0.25) is 0 Å². The molecule has 0 atom stereocenters. The van der Waals surface area contributed by atoms with Crippen molar-refractivity contribution in [3.05, 3.63) is 65.7 Å². The summed E-state index contributed by atoms with van der Waals surface area (Å²) < 4.78 is 0. The molecule has 21 heavy (non-hydrogen) atoms. The topological polar surface area (TPSA) is 43.7 Å². The Labute approximate surface area is 125 Å². The van der Waals surface area contributed by atoms with Crippen molar-refractivity contribution in [3.8, 4) is 0 Å². The highest BCUT2D eigenvalue weighted by Gasteiger charge is 2.04. The molecule has 0 aliphatic carbocycles. The maximum atomic E-state index is 9.06. The van der Waals surface area contributed by atoms with Crippen LogP contribution in [0.2, 0.25) is 0 Å². The Bertz CT molecular complexity index is 543. The molecule has 3 heteroatoms. The van der Waals surface area contributed by atoms with Crippen LogP contribution in [0.1, 0.15) is 11.1 Å². The monoisotopic (exact) mass is 283 g/mol. The van der Waals surface area contributed by atoms with Crippen LogP contribution in [0.3, 0.4) is 0 Å². The largest absolute Gasteiger partial charge is 0.395 e. The van der Waals surface area contributed by atoms with Crippen molar-refractivity contribution in [3.63, 3.8) is 0 Å². The second-order valence-electron chi connectivity index (χ2n) is 4.77. The summed E-state index contributed by atoms with van der Waals surface area (Å²) in [5, 5.41) is 18.1. The summed E-state index contributed by atoms with van der Waals surface area (Å²) in [4.78, 5) is 1.96. The zero-order valence-electron chi connectivity index (χ0n) is 12.0. The molecule has 0 aliphatic rings. The highest BCUT2D eigenvalue weighted by Crippen LogP contribution is 2.16. The maximum Gasteiger partial charge on any atom is 0.0606 e. The van der Waals surface area contributed by atoms with Crippen LogP contribution in [0.4, 0.5) is 5.69 Å². The smallest absolute Gasteiger partial charge is 0.0606 e. The molecule has 0 bridgehead atoms. The molecule has 0 fully saturated rings. The Kier molecular flexibility index (Phi) is 6.00. The van der Waals surface area contributed by atoms with E-state index in [0.717, 1.165) is 11.3 Å². The number of hydrogen-bond acceptors (Lipinski definition) is 3. The Morgan fingerprint density at radius 2 is 1.24 bits per heavy atom. The summed E-state index contributed by atoms with van der Waals surface area (Å²) in [5.41, 5.74) is 3.30. The minimum absolute atomic E-state index is 0.0790. The molecule has 0 saturated carbocycles. The Balaban J connectivity index is 2.06. The minimum Gasteiger partial charge on any atom is -0.395 e. The predicted molar refractivity (Wildman–Crippen MR) is 88.2 cm³/mol. The van der Waals surface area contributed by atoms with Crippen LogP contribution < -0.4 is 4.90 Å². The van der Waals surface area contributed by atoms with Crippen LogP contribution in [0.15, 0.2) is 54.6 Å². The van der Waals surface area contributed by atoms with E-state index in [1.54, 1.807) is 0 Å². The van der Waals surface area contributed by atoms with Gasteiger partial charge in [-0.3, -0.25) is 0 Å². The van der Waals surface area contributed by atoms with Crippen molar-refractivity contribution in [2.24, 2.45) is 0 Å². The molecular weight excluding hydrogens is 262 g/mol. The second kappa shape index (κ2) is 8.25. The number of benzene rings is 2. The van der Waals surface area contributed by atoms with Gasteiger partial charge in [0.25, 0.3) is 0 Å². The molecule has 0 saturated heterocycles. The summed E-state index contributed by atoms with van der Waals surface area (Å²) >= 11 is 0. The lowest BCUT2D eigenvalue weighted by molar-refractivity contribution is 0.281. The molecule has 0 unspecified atom stereocenters. The van der Waals surface area contributed by atoms with E-state index in [2.05, 4.69) is 24.3 Å². The van der Waals surface area contributed by atoms with Gasteiger partial charge < -0.3 is 15.1 Å². The lowest BCUT2D eigenvalue weighted by Gasteiger charge is -2.22. The molecule has 0 aromatic heterocycles. The van der Waals surface area contributed by atoms with E-state index in [9.17, 15) is 0 Å². The number of hydrogen-bond donors (Lipinski definition) is 2. The van der Waals surface area contributed by atoms with E-state index in [0.29, 0.717) is 13.1 Å². The first-order chi connectivity index (χ1) is 10.3. The third-order valence-electron chi connectivity index (χ3n) is 3.27. The average molecular weight is 283 g/mol. The minimum atomic E-state index is 0.0790. The second-order valence-corrected chi connectivity index (χ2v) is 4.77. The number of aliphatic hydroxyl groups excluding tert-OH is 2. The van der Waals surface area contributed by atoms with Crippen LogP contribution in [0, 0.1) is 0 Å². The SMILES string of the molecule is OCCN(CCO)c1ccc(C=Cc2ccccc2)cc1. The predicted octanol–water partition coefficient (Wildman–Crippen LogP) is 2.65. The molecule has 0 radical (unpaired) electrons. The van der Waals surface area contributed by atoms with Crippen LogP contribution in [-0.4, -0.2) is 36.5 Å². The summed E-state index contributed by atoms with van der Waals surface area (Å²) in [6.45, 7) is 1.21. The zero-order chi connectivity index (χ0) is 14.9. The molecule has 110 valence electrons. The fourth-order valence-electron chi connectivity index (χ4n) is 2.16. The Morgan fingerprint density at radius 1 is 0.714 bits per heavy atom. The van der Waals surface area contributed by atoms with Gasteiger partial charge in [-0.15, -0.1) is 0 Å². The van der Waals surface area contributed by atoms with Crippen LogP contribution in [0.5, 0.6) is 0 Å². The van der Waals surface area contributed by atoms with Gasteiger partial charge in [0.15, 0.2) is 0 Å².